The fourth-order valence-electron chi connectivity index (χ4n) is 3.52. The lowest BCUT2D eigenvalue weighted by molar-refractivity contribution is -0.385. The van der Waals surface area contributed by atoms with Gasteiger partial charge in [-0.05, 0) is 30.5 Å². The Bertz CT molecular complexity index is 845. The topological polar surface area (TPSA) is 75.9 Å². The standard InChI is InChI=1S/C22H27N3O4/c1-23(2)19-11-9-17(10-12-19)15-24(16-20-7-5-13-29-20)22(26)14-18-6-3-4-8-21(18)25(27)28/h3-4,6,8-12,20H,5,7,13-16H2,1-2H3. The van der Waals surface area contributed by atoms with Crippen molar-refractivity contribution in [1.82, 2.24) is 4.90 Å². The first-order valence-corrected chi connectivity index (χ1v) is 9.82. The van der Waals surface area contributed by atoms with Crippen molar-refractivity contribution in [2.24, 2.45) is 0 Å². The first-order chi connectivity index (χ1) is 13.9. The number of ether oxygens (including phenoxy) is 1. The number of nitro groups is 1. The summed E-state index contributed by atoms with van der Waals surface area (Å²) in [5.41, 5.74) is 2.52. The number of nitrogens with zero attached hydrogens (tertiary/aromatic N) is 3. The summed E-state index contributed by atoms with van der Waals surface area (Å²) in [4.78, 5) is 27.7. The number of benzene rings is 2. The van der Waals surface area contributed by atoms with Crippen LogP contribution in [0.5, 0.6) is 0 Å². The highest BCUT2D eigenvalue weighted by molar-refractivity contribution is 5.80. The van der Waals surface area contributed by atoms with Gasteiger partial charge in [0, 0.05) is 51.1 Å². The van der Waals surface area contributed by atoms with Gasteiger partial charge in [0.25, 0.3) is 5.69 Å². The molecule has 0 aromatic heterocycles. The highest BCUT2D eigenvalue weighted by Gasteiger charge is 2.25. The fourth-order valence-corrected chi connectivity index (χ4v) is 3.52. The van der Waals surface area contributed by atoms with Crippen molar-refractivity contribution in [3.8, 4) is 0 Å². The van der Waals surface area contributed by atoms with Crippen molar-refractivity contribution in [3.05, 3.63) is 69.8 Å². The molecule has 1 atom stereocenters. The van der Waals surface area contributed by atoms with E-state index >= 15 is 0 Å². The van der Waals surface area contributed by atoms with Crippen LogP contribution in [0.4, 0.5) is 11.4 Å². The maximum Gasteiger partial charge on any atom is 0.273 e. The predicted octanol–water partition coefficient (Wildman–Crippen LogP) is 3.41. The first kappa shape index (κ1) is 20.8. The SMILES string of the molecule is CN(C)c1ccc(CN(CC2CCCO2)C(=O)Cc2ccccc2[N+](=O)[O-])cc1. The van der Waals surface area contributed by atoms with E-state index in [1.165, 1.54) is 6.07 Å². The molecule has 0 N–H and O–H groups in total. The summed E-state index contributed by atoms with van der Waals surface area (Å²) in [6.07, 6.45) is 1.94. The first-order valence-electron chi connectivity index (χ1n) is 9.82. The zero-order valence-electron chi connectivity index (χ0n) is 16.9. The van der Waals surface area contributed by atoms with Crippen LogP contribution in [0.25, 0.3) is 0 Å². The molecule has 0 spiro atoms. The Morgan fingerprint density at radius 1 is 1.17 bits per heavy atom. The summed E-state index contributed by atoms with van der Waals surface area (Å²) in [6.45, 7) is 1.66. The number of carbonyl (C=O) groups is 1. The van der Waals surface area contributed by atoms with E-state index in [1.54, 1.807) is 23.1 Å². The lowest BCUT2D eigenvalue weighted by Gasteiger charge is -2.26. The summed E-state index contributed by atoms with van der Waals surface area (Å²) in [5, 5.41) is 11.3. The van der Waals surface area contributed by atoms with Crippen molar-refractivity contribution in [3.63, 3.8) is 0 Å². The Kier molecular flexibility index (Phi) is 6.82. The van der Waals surface area contributed by atoms with E-state index in [4.69, 9.17) is 4.74 Å². The van der Waals surface area contributed by atoms with E-state index in [9.17, 15) is 14.9 Å². The molecular weight excluding hydrogens is 370 g/mol. The van der Waals surface area contributed by atoms with Gasteiger partial charge in [-0.1, -0.05) is 30.3 Å². The minimum absolute atomic E-state index is 0.000343. The van der Waals surface area contributed by atoms with Gasteiger partial charge in [0.05, 0.1) is 17.4 Å². The molecular formula is C22H27N3O4. The van der Waals surface area contributed by atoms with E-state index in [-0.39, 0.29) is 24.1 Å². The number of hydrogen-bond donors (Lipinski definition) is 0. The lowest BCUT2D eigenvalue weighted by Crippen LogP contribution is -2.38. The molecule has 0 saturated carbocycles. The molecule has 1 fully saturated rings. The molecule has 2 aromatic carbocycles. The Balaban J connectivity index is 1.77. The molecule has 1 amide bonds. The van der Waals surface area contributed by atoms with Gasteiger partial charge in [0.2, 0.25) is 5.91 Å². The van der Waals surface area contributed by atoms with Crippen molar-refractivity contribution in [2.45, 2.75) is 31.9 Å². The molecule has 0 radical (unpaired) electrons. The van der Waals surface area contributed by atoms with Crippen molar-refractivity contribution in [1.29, 1.82) is 0 Å². The number of rotatable bonds is 8. The van der Waals surface area contributed by atoms with Crippen LogP contribution >= 0.6 is 0 Å². The average molecular weight is 397 g/mol. The third-order valence-corrected chi connectivity index (χ3v) is 5.16. The molecule has 7 heteroatoms. The van der Waals surface area contributed by atoms with Crippen LogP contribution in [-0.2, 0) is 22.5 Å². The van der Waals surface area contributed by atoms with Gasteiger partial charge >= 0.3 is 0 Å². The quantitative estimate of drug-likeness (QED) is 0.504. The Labute approximate surface area is 171 Å². The van der Waals surface area contributed by atoms with Gasteiger partial charge in [-0.3, -0.25) is 14.9 Å². The van der Waals surface area contributed by atoms with E-state index in [0.717, 1.165) is 24.1 Å². The largest absolute Gasteiger partial charge is 0.378 e. The van der Waals surface area contributed by atoms with Gasteiger partial charge < -0.3 is 14.5 Å². The second-order valence-corrected chi connectivity index (χ2v) is 7.53. The van der Waals surface area contributed by atoms with Gasteiger partial charge in [0.15, 0.2) is 0 Å². The number of nitro benzene ring substituents is 1. The fraction of sp³-hybridized carbons (Fsp3) is 0.409. The van der Waals surface area contributed by atoms with Crippen molar-refractivity contribution < 1.29 is 14.5 Å². The Hall–Kier alpha value is -2.93. The van der Waals surface area contributed by atoms with Gasteiger partial charge in [-0.15, -0.1) is 0 Å². The maximum atomic E-state index is 13.1. The van der Waals surface area contributed by atoms with Crippen LogP contribution in [0.2, 0.25) is 0 Å². The van der Waals surface area contributed by atoms with Crippen molar-refractivity contribution >= 4 is 17.3 Å². The molecule has 0 bridgehead atoms. The van der Waals surface area contributed by atoms with Gasteiger partial charge in [-0.25, -0.2) is 0 Å². The summed E-state index contributed by atoms with van der Waals surface area (Å²) in [6, 6.07) is 14.5. The smallest absolute Gasteiger partial charge is 0.273 e. The average Bonchev–Trinajstić information content (AvgIpc) is 3.21. The summed E-state index contributed by atoms with van der Waals surface area (Å²) >= 11 is 0. The van der Waals surface area contributed by atoms with Crippen LogP contribution in [0.1, 0.15) is 24.0 Å². The van der Waals surface area contributed by atoms with Crippen molar-refractivity contribution in [2.75, 3.05) is 32.1 Å². The minimum Gasteiger partial charge on any atom is -0.378 e. The van der Waals surface area contributed by atoms with Crippen LogP contribution < -0.4 is 4.90 Å². The second-order valence-electron chi connectivity index (χ2n) is 7.53. The zero-order valence-corrected chi connectivity index (χ0v) is 16.9. The number of amides is 1. The molecule has 1 unspecified atom stereocenters. The number of anilines is 1. The molecule has 7 nitrogen and oxygen atoms in total. The van der Waals surface area contributed by atoms with Crippen LogP contribution in [0.3, 0.4) is 0 Å². The second kappa shape index (κ2) is 9.52. The summed E-state index contributed by atoms with van der Waals surface area (Å²) in [5.74, 6) is -0.133. The zero-order chi connectivity index (χ0) is 20.8. The van der Waals surface area contributed by atoms with E-state index in [2.05, 4.69) is 0 Å². The molecule has 0 aliphatic carbocycles. The van der Waals surface area contributed by atoms with E-state index in [1.807, 2.05) is 43.3 Å². The van der Waals surface area contributed by atoms with Crippen LogP contribution in [-0.4, -0.2) is 49.1 Å². The Morgan fingerprint density at radius 3 is 2.52 bits per heavy atom. The maximum absolute atomic E-state index is 13.1. The molecule has 1 aliphatic heterocycles. The number of hydrogen-bond acceptors (Lipinski definition) is 5. The van der Waals surface area contributed by atoms with Crippen LogP contribution in [0, 0.1) is 10.1 Å². The molecule has 2 aromatic rings. The summed E-state index contributed by atoms with van der Waals surface area (Å²) < 4.78 is 5.73. The van der Waals surface area contributed by atoms with Crippen LogP contribution in [0.15, 0.2) is 48.5 Å². The molecule has 154 valence electrons. The normalized spacial score (nSPS) is 15.9. The Morgan fingerprint density at radius 2 is 1.90 bits per heavy atom. The molecule has 3 rings (SSSR count). The number of carbonyl (C=O) groups excluding carboxylic acids is 1. The molecule has 29 heavy (non-hydrogen) atoms. The highest BCUT2D eigenvalue weighted by Crippen LogP contribution is 2.21. The van der Waals surface area contributed by atoms with E-state index < -0.39 is 4.92 Å². The third-order valence-electron chi connectivity index (χ3n) is 5.16. The molecule has 1 heterocycles. The highest BCUT2D eigenvalue weighted by atomic mass is 16.6. The molecule has 1 saturated heterocycles. The van der Waals surface area contributed by atoms with Gasteiger partial charge in [-0.2, -0.15) is 0 Å². The summed E-state index contributed by atoms with van der Waals surface area (Å²) in [7, 11) is 3.96. The van der Waals surface area contributed by atoms with E-state index in [0.29, 0.717) is 25.3 Å². The molecule has 1 aliphatic rings. The van der Waals surface area contributed by atoms with Gasteiger partial charge in [0.1, 0.15) is 0 Å². The number of para-hydroxylation sites is 1. The minimum atomic E-state index is -0.437. The predicted molar refractivity (Wildman–Crippen MR) is 112 cm³/mol. The third kappa shape index (κ3) is 5.54. The monoisotopic (exact) mass is 397 g/mol. The lowest BCUT2D eigenvalue weighted by atomic mass is 10.1.